The number of carbonyl (C=O) groups is 1. The Morgan fingerprint density at radius 3 is 2.56 bits per heavy atom. The first kappa shape index (κ1) is 15.5. The number of hydrogen-bond donors (Lipinski definition) is 2. The van der Waals surface area contributed by atoms with Crippen molar-refractivity contribution in [2.24, 2.45) is 0 Å². The minimum Gasteiger partial charge on any atom is -0.355 e. The molecule has 0 aliphatic heterocycles. The smallest absolute Gasteiger partial charge is 0.224 e. The number of benzene rings is 3. The molecule has 1 amide bonds. The number of amides is 1. The van der Waals surface area contributed by atoms with Gasteiger partial charge in [-0.1, -0.05) is 54.6 Å². The van der Waals surface area contributed by atoms with Crippen LogP contribution >= 0.6 is 0 Å². The lowest BCUT2D eigenvalue weighted by Crippen LogP contribution is -2.24. The third-order valence-electron chi connectivity index (χ3n) is 4.67. The second kappa shape index (κ2) is 6.44. The van der Waals surface area contributed by atoms with Gasteiger partial charge in [-0.15, -0.1) is 0 Å². The molecule has 25 heavy (non-hydrogen) atoms. The van der Waals surface area contributed by atoms with E-state index in [1.165, 1.54) is 16.3 Å². The Kier molecular flexibility index (Phi) is 3.98. The fraction of sp³-hybridized carbons (Fsp3) is 0.136. The van der Waals surface area contributed by atoms with Crippen molar-refractivity contribution >= 4 is 27.7 Å². The van der Waals surface area contributed by atoms with Gasteiger partial charge in [0.15, 0.2) is 0 Å². The van der Waals surface area contributed by atoms with Gasteiger partial charge in [-0.2, -0.15) is 0 Å². The van der Waals surface area contributed by atoms with Crippen molar-refractivity contribution in [3.63, 3.8) is 0 Å². The highest BCUT2D eigenvalue weighted by atomic mass is 16.1. The van der Waals surface area contributed by atoms with Crippen molar-refractivity contribution in [1.82, 2.24) is 10.3 Å². The number of para-hydroxylation sites is 1. The van der Waals surface area contributed by atoms with Gasteiger partial charge >= 0.3 is 0 Å². The maximum atomic E-state index is 12.3. The highest BCUT2D eigenvalue weighted by Crippen LogP contribution is 2.25. The van der Waals surface area contributed by atoms with Gasteiger partial charge in [0.1, 0.15) is 0 Å². The van der Waals surface area contributed by atoms with Gasteiger partial charge in [-0.3, -0.25) is 4.79 Å². The molecule has 124 valence electrons. The summed E-state index contributed by atoms with van der Waals surface area (Å²) in [7, 11) is 0. The van der Waals surface area contributed by atoms with Crippen LogP contribution in [0.4, 0.5) is 0 Å². The first-order chi connectivity index (χ1) is 12.2. The SMILES string of the molecule is Cc1ccccc1CNC(=O)Cc1ccc2c(c1)[nH]c1ccccc12. The largest absolute Gasteiger partial charge is 0.355 e. The second-order valence-corrected chi connectivity index (χ2v) is 6.43. The molecule has 3 heteroatoms. The van der Waals surface area contributed by atoms with E-state index in [4.69, 9.17) is 0 Å². The Labute approximate surface area is 146 Å². The van der Waals surface area contributed by atoms with E-state index in [2.05, 4.69) is 47.6 Å². The highest BCUT2D eigenvalue weighted by Gasteiger charge is 2.08. The maximum Gasteiger partial charge on any atom is 0.224 e. The number of hydrogen-bond acceptors (Lipinski definition) is 1. The normalized spacial score (nSPS) is 11.1. The molecule has 1 aromatic heterocycles. The van der Waals surface area contributed by atoms with Crippen molar-refractivity contribution in [3.8, 4) is 0 Å². The minimum absolute atomic E-state index is 0.0405. The predicted octanol–water partition coefficient (Wildman–Crippen LogP) is 4.49. The number of fused-ring (bicyclic) bond motifs is 3. The molecule has 3 nitrogen and oxygen atoms in total. The van der Waals surface area contributed by atoms with E-state index in [9.17, 15) is 4.79 Å². The molecule has 4 aromatic rings. The first-order valence-corrected chi connectivity index (χ1v) is 8.51. The van der Waals surface area contributed by atoms with Gasteiger partial charge in [0.2, 0.25) is 5.91 Å². The number of H-pyrrole nitrogens is 1. The Morgan fingerprint density at radius 1 is 0.920 bits per heavy atom. The second-order valence-electron chi connectivity index (χ2n) is 6.43. The molecule has 0 saturated carbocycles. The number of aromatic nitrogens is 1. The molecule has 0 fully saturated rings. The van der Waals surface area contributed by atoms with Crippen LogP contribution in [0.3, 0.4) is 0 Å². The van der Waals surface area contributed by atoms with E-state index >= 15 is 0 Å². The zero-order chi connectivity index (χ0) is 17.2. The maximum absolute atomic E-state index is 12.3. The fourth-order valence-electron chi connectivity index (χ4n) is 3.26. The molecule has 0 saturated heterocycles. The first-order valence-electron chi connectivity index (χ1n) is 8.51. The number of rotatable bonds is 4. The molecule has 2 N–H and O–H groups in total. The predicted molar refractivity (Wildman–Crippen MR) is 103 cm³/mol. The van der Waals surface area contributed by atoms with Crippen LogP contribution in [0, 0.1) is 6.92 Å². The standard InChI is InChI=1S/C22H20N2O/c1-15-6-2-3-7-17(15)14-23-22(25)13-16-10-11-19-18-8-4-5-9-20(18)24-21(19)12-16/h2-12,24H,13-14H2,1H3,(H,23,25). The van der Waals surface area contributed by atoms with Crippen molar-refractivity contribution < 1.29 is 4.79 Å². The zero-order valence-corrected chi connectivity index (χ0v) is 14.2. The van der Waals surface area contributed by atoms with E-state index in [0.717, 1.165) is 22.2 Å². The van der Waals surface area contributed by atoms with Crippen LogP contribution < -0.4 is 5.32 Å². The van der Waals surface area contributed by atoms with Crippen LogP contribution in [0.2, 0.25) is 0 Å². The summed E-state index contributed by atoms with van der Waals surface area (Å²) in [4.78, 5) is 15.7. The fourth-order valence-corrected chi connectivity index (χ4v) is 3.26. The van der Waals surface area contributed by atoms with Gasteiger partial charge < -0.3 is 10.3 Å². The zero-order valence-electron chi connectivity index (χ0n) is 14.2. The average Bonchev–Trinajstić information content (AvgIpc) is 2.99. The number of carbonyl (C=O) groups excluding carboxylic acids is 1. The van der Waals surface area contributed by atoms with Crippen molar-refractivity contribution in [1.29, 1.82) is 0 Å². The molecule has 0 radical (unpaired) electrons. The van der Waals surface area contributed by atoms with Crippen LogP contribution in [-0.4, -0.2) is 10.9 Å². The molecule has 0 aliphatic carbocycles. The molecule has 0 spiro atoms. The summed E-state index contributed by atoms with van der Waals surface area (Å²) >= 11 is 0. The van der Waals surface area contributed by atoms with Crippen LogP contribution in [0.1, 0.15) is 16.7 Å². The van der Waals surface area contributed by atoms with E-state index in [1.807, 2.05) is 36.4 Å². The van der Waals surface area contributed by atoms with Crippen molar-refractivity contribution in [2.75, 3.05) is 0 Å². The van der Waals surface area contributed by atoms with Crippen LogP contribution in [0.15, 0.2) is 66.7 Å². The Bertz CT molecular complexity index is 1060. The third kappa shape index (κ3) is 3.13. The van der Waals surface area contributed by atoms with E-state index in [1.54, 1.807) is 0 Å². The molecular weight excluding hydrogens is 308 g/mol. The van der Waals surface area contributed by atoms with Gasteiger partial charge in [0.05, 0.1) is 6.42 Å². The van der Waals surface area contributed by atoms with E-state index < -0.39 is 0 Å². The van der Waals surface area contributed by atoms with Crippen LogP contribution in [0.25, 0.3) is 21.8 Å². The summed E-state index contributed by atoms with van der Waals surface area (Å²) in [6.45, 7) is 2.63. The summed E-state index contributed by atoms with van der Waals surface area (Å²) in [6.07, 6.45) is 0.386. The average molecular weight is 328 g/mol. The molecular formula is C22H20N2O. The lowest BCUT2D eigenvalue weighted by atomic mass is 10.1. The summed E-state index contributed by atoms with van der Waals surface area (Å²) in [6, 6.07) is 22.6. The number of nitrogens with one attached hydrogen (secondary N) is 2. The molecule has 4 rings (SSSR count). The molecule has 0 atom stereocenters. The highest BCUT2D eigenvalue weighted by molar-refractivity contribution is 6.07. The Balaban J connectivity index is 1.49. The van der Waals surface area contributed by atoms with E-state index in [0.29, 0.717) is 13.0 Å². The van der Waals surface area contributed by atoms with E-state index in [-0.39, 0.29) is 5.91 Å². The van der Waals surface area contributed by atoms with Gasteiger partial charge in [0.25, 0.3) is 0 Å². The van der Waals surface area contributed by atoms with Crippen LogP contribution in [0.5, 0.6) is 0 Å². The summed E-state index contributed by atoms with van der Waals surface area (Å²) in [5.41, 5.74) is 5.56. The van der Waals surface area contributed by atoms with Crippen molar-refractivity contribution in [3.05, 3.63) is 83.4 Å². The number of aromatic amines is 1. The lowest BCUT2D eigenvalue weighted by Gasteiger charge is -2.08. The molecule has 0 aliphatic rings. The molecule has 0 bridgehead atoms. The van der Waals surface area contributed by atoms with Crippen molar-refractivity contribution in [2.45, 2.75) is 19.9 Å². The van der Waals surface area contributed by atoms with Crippen LogP contribution in [-0.2, 0) is 17.8 Å². The monoisotopic (exact) mass is 328 g/mol. The lowest BCUT2D eigenvalue weighted by molar-refractivity contribution is -0.120. The molecule has 3 aromatic carbocycles. The van der Waals surface area contributed by atoms with Gasteiger partial charge in [0, 0.05) is 28.4 Å². The number of aryl methyl sites for hydroxylation is 1. The minimum atomic E-state index is 0.0405. The summed E-state index contributed by atoms with van der Waals surface area (Å²) in [5, 5.41) is 5.42. The molecule has 0 unspecified atom stereocenters. The Morgan fingerprint density at radius 2 is 1.68 bits per heavy atom. The van der Waals surface area contributed by atoms with Gasteiger partial charge in [-0.25, -0.2) is 0 Å². The summed E-state index contributed by atoms with van der Waals surface area (Å²) in [5.74, 6) is 0.0405. The van der Waals surface area contributed by atoms with Gasteiger partial charge in [-0.05, 0) is 35.7 Å². The third-order valence-corrected chi connectivity index (χ3v) is 4.67. The Hall–Kier alpha value is -3.07. The quantitative estimate of drug-likeness (QED) is 0.570. The topological polar surface area (TPSA) is 44.9 Å². The molecule has 1 heterocycles. The summed E-state index contributed by atoms with van der Waals surface area (Å²) < 4.78 is 0.